The normalized spacial score (nSPS) is 14.3. The lowest BCUT2D eigenvalue weighted by Gasteiger charge is -2.24. The lowest BCUT2D eigenvalue weighted by molar-refractivity contribution is 0.765. The van der Waals surface area contributed by atoms with E-state index in [0.29, 0.717) is 10.6 Å². The van der Waals surface area contributed by atoms with Crippen LogP contribution in [0.1, 0.15) is 23.1 Å². The van der Waals surface area contributed by atoms with Gasteiger partial charge in [-0.2, -0.15) is 5.26 Å². The molecule has 0 aliphatic carbocycles. The molecular weight excluding hydrogens is 268 g/mol. The van der Waals surface area contributed by atoms with Crippen molar-refractivity contribution < 1.29 is 0 Å². The molecule has 2 aromatic rings. The Kier molecular flexibility index (Phi) is 3.62. The maximum absolute atomic E-state index is 9.33. The number of fused-ring (bicyclic) bond motifs is 1. The fourth-order valence-electron chi connectivity index (χ4n) is 2.79. The molecule has 0 amide bonds. The number of nitrogens with zero attached hydrogens (tertiary/aromatic N) is 2. The van der Waals surface area contributed by atoms with Crippen molar-refractivity contribution in [3.8, 4) is 6.07 Å². The van der Waals surface area contributed by atoms with E-state index in [9.17, 15) is 5.26 Å². The lowest BCUT2D eigenvalue weighted by Crippen LogP contribution is -2.23. The molecule has 2 nitrogen and oxygen atoms in total. The van der Waals surface area contributed by atoms with Gasteiger partial charge < -0.3 is 4.90 Å². The zero-order valence-corrected chi connectivity index (χ0v) is 11.9. The van der Waals surface area contributed by atoms with Crippen LogP contribution in [0.25, 0.3) is 0 Å². The third-order valence-electron chi connectivity index (χ3n) is 3.80. The highest BCUT2D eigenvalue weighted by molar-refractivity contribution is 6.32. The van der Waals surface area contributed by atoms with Crippen molar-refractivity contribution in [3.05, 3.63) is 64.2 Å². The molecule has 1 aliphatic heterocycles. The average molecular weight is 283 g/mol. The summed E-state index contributed by atoms with van der Waals surface area (Å²) in [6.45, 7) is 1.79. The molecule has 2 aromatic carbocycles. The van der Waals surface area contributed by atoms with E-state index in [-0.39, 0.29) is 0 Å². The summed E-state index contributed by atoms with van der Waals surface area (Å²) in [4.78, 5) is 2.26. The van der Waals surface area contributed by atoms with Crippen LogP contribution >= 0.6 is 11.6 Å². The number of hydrogen-bond donors (Lipinski definition) is 0. The highest BCUT2D eigenvalue weighted by atomic mass is 35.5. The van der Waals surface area contributed by atoms with E-state index in [0.717, 1.165) is 31.6 Å². The molecule has 1 heterocycles. The quantitative estimate of drug-likeness (QED) is 0.785. The first-order valence-electron chi connectivity index (χ1n) is 6.80. The maximum Gasteiger partial charge on any atom is 0.103 e. The molecular formula is C17H15ClN2. The van der Waals surface area contributed by atoms with Crippen LogP contribution in [0.3, 0.4) is 0 Å². The van der Waals surface area contributed by atoms with Crippen molar-refractivity contribution in [2.45, 2.75) is 19.4 Å². The fraction of sp³-hybridized carbons (Fsp3) is 0.235. The zero-order chi connectivity index (χ0) is 13.9. The number of anilines is 1. The van der Waals surface area contributed by atoms with Crippen molar-refractivity contribution in [2.24, 2.45) is 0 Å². The van der Waals surface area contributed by atoms with Gasteiger partial charge in [0.2, 0.25) is 0 Å². The lowest BCUT2D eigenvalue weighted by atomic mass is 10.0. The van der Waals surface area contributed by atoms with E-state index in [1.54, 1.807) is 6.07 Å². The number of benzene rings is 2. The minimum absolute atomic E-state index is 0.530. The summed E-state index contributed by atoms with van der Waals surface area (Å²) in [5, 5.41) is 9.86. The van der Waals surface area contributed by atoms with Gasteiger partial charge in [-0.15, -0.1) is 0 Å². The van der Waals surface area contributed by atoms with Crippen LogP contribution in [0.15, 0.2) is 42.5 Å². The second kappa shape index (κ2) is 5.56. The van der Waals surface area contributed by atoms with E-state index in [1.807, 2.05) is 12.1 Å². The SMILES string of the molecule is N#Cc1c(Cl)cccc1N1CCCc2ccccc2C1. The number of halogens is 1. The van der Waals surface area contributed by atoms with Crippen molar-refractivity contribution in [1.82, 2.24) is 0 Å². The Morgan fingerprint density at radius 1 is 1.05 bits per heavy atom. The average Bonchev–Trinajstić information content (AvgIpc) is 2.69. The largest absolute Gasteiger partial charge is 0.366 e. The predicted molar refractivity (Wildman–Crippen MR) is 82.0 cm³/mol. The first kappa shape index (κ1) is 13.0. The van der Waals surface area contributed by atoms with Gasteiger partial charge in [-0.3, -0.25) is 0 Å². The summed E-state index contributed by atoms with van der Waals surface area (Å²) in [5.41, 5.74) is 4.27. The topological polar surface area (TPSA) is 27.0 Å². The Labute approximate surface area is 124 Å². The van der Waals surface area contributed by atoms with Gasteiger partial charge in [0, 0.05) is 13.1 Å². The van der Waals surface area contributed by atoms with Crippen LogP contribution < -0.4 is 4.90 Å². The number of aryl methyl sites for hydroxylation is 1. The number of rotatable bonds is 1. The Hall–Kier alpha value is -1.98. The second-order valence-corrected chi connectivity index (χ2v) is 5.45. The number of nitriles is 1. The van der Waals surface area contributed by atoms with Gasteiger partial charge in [-0.1, -0.05) is 41.9 Å². The molecule has 20 heavy (non-hydrogen) atoms. The molecule has 1 aliphatic rings. The Bertz CT molecular complexity index is 673. The van der Waals surface area contributed by atoms with Crippen LogP contribution in [-0.2, 0) is 13.0 Å². The summed E-state index contributed by atoms with van der Waals surface area (Å²) < 4.78 is 0. The summed E-state index contributed by atoms with van der Waals surface area (Å²) in [7, 11) is 0. The Morgan fingerprint density at radius 3 is 2.65 bits per heavy atom. The van der Waals surface area contributed by atoms with Crippen LogP contribution in [0.2, 0.25) is 5.02 Å². The molecule has 100 valence electrons. The molecule has 3 heteroatoms. The van der Waals surface area contributed by atoms with Crippen LogP contribution in [-0.4, -0.2) is 6.54 Å². The van der Waals surface area contributed by atoms with E-state index >= 15 is 0 Å². The highest BCUT2D eigenvalue weighted by Crippen LogP contribution is 2.30. The molecule has 0 spiro atoms. The van der Waals surface area contributed by atoms with E-state index in [1.165, 1.54) is 11.1 Å². The minimum Gasteiger partial charge on any atom is -0.366 e. The molecule has 0 saturated heterocycles. The Balaban J connectivity index is 2.00. The summed E-state index contributed by atoms with van der Waals surface area (Å²) in [6.07, 6.45) is 2.18. The van der Waals surface area contributed by atoms with Gasteiger partial charge in [-0.25, -0.2) is 0 Å². The summed E-state index contributed by atoms with van der Waals surface area (Å²) in [5.74, 6) is 0. The second-order valence-electron chi connectivity index (χ2n) is 5.04. The smallest absolute Gasteiger partial charge is 0.103 e. The van der Waals surface area contributed by atoms with Crippen molar-refractivity contribution in [2.75, 3.05) is 11.4 Å². The molecule has 0 unspecified atom stereocenters. The fourth-order valence-corrected chi connectivity index (χ4v) is 3.01. The molecule has 0 saturated carbocycles. The summed E-state index contributed by atoms with van der Waals surface area (Å²) >= 11 is 6.14. The molecule has 0 N–H and O–H groups in total. The van der Waals surface area contributed by atoms with E-state index in [4.69, 9.17) is 11.6 Å². The predicted octanol–water partition coefficient (Wildman–Crippen LogP) is 4.16. The van der Waals surface area contributed by atoms with Gasteiger partial charge in [0.25, 0.3) is 0 Å². The van der Waals surface area contributed by atoms with Crippen molar-refractivity contribution in [1.29, 1.82) is 5.26 Å². The minimum atomic E-state index is 0.530. The van der Waals surface area contributed by atoms with Crippen LogP contribution in [0.5, 0.6) is 0 Å². The van der Waals surface area contributed by atoms with Gasteiger partial charge in [0.1, 0.15) is 6.07 Å². The van der Waals surface area contributed by atoms with E-state index < -0.39 is 0 Å². The third kappa shape index (κ3) is 2.37. The Morgan fingerprint density at radius 2 is 1.85 bits per heavy atom. The molecule has 3 rings (SSSR count). The zero-order valence-electron chi connectivity index (χ0n) is 11.1. The van der Waals surface area contributed by atoms with Gasteiger partial charge in [0.05, 0.1) is 16.3 Å². The molecule has 0 radical (unpaired) electrons. The van der Waals surface area contributed by atoms with Gasteiger partial charge in [-0.05, 0) is 36.1 Å². The molecule has 0 bridgehead atoms. The third-order valence-corrected chi connectivity index (χ3v) is 4.11. The molecule has 0 fully saturated rings. The maximum atomic E-state index is 9.33. The standard InChI is InChI=1S/C17H15ClN2/c18-16-8-3-9-17(15(16)11-19)20-10-4-7-13-5-1-2-6-14(13)12-20/h1-3,5-6,8-9H,4,7,10,12H2. The van der Waals surface area contributed by atoms with Gasteiger partial charge >= 0.3 is 0 Å². The summed E-state index contributed by atoms with van der Waals surface area (Å²) in [6, 6.07) is 16.4. The van der Waals surface area contributed by atoms with Crippen LogP contribution in [0.4, 0.5) is 5.69 Å². The number of hydrogen-bond acceptors (Lipinski definition) is 2. The molecule has 0 atom stereocenters. The first-order chi connectivity index (χ1) is 9.79. The first-order valence-corrected chi connectivity index (χ1v) is 7.18. The van der Waals surface area contributed by atoms with Crippen molar-refractivity contribution in [3.63, 3.8) is 0 Å². The van der Waals surface area contributed by atoms with Crippen LogP contribution in [0, 0.1) is 11.3 Å². The van der Waals surface area contributed by atoms with Gasteiger partial charge in [0.15, 0.2) is 0 Å². The van der Waals surface area contributed by atoms with Crippen molar-refractivity contribution >= 4 is 17.3 Å². The molecule has 0 aromatic heterocycles. The highest BCUT2D eigenvalue weighted by Gasteiger charge is 2.18. The van der Waals surface area contributed by atoms with E-state index in [2.05, 4.69) is 35.2 Å². The monoisotopic (exact) mass is 282 g/mol.